The number of aryl methyl sites for hydroxylation is 1. The largest absolute Gasteiger partial charge is 0.313 e. The van der Waals surface area contributed by atoms with Gasteiger partial charge in [-0.3, -0.25) is 4.68 Å². The van der Waals surface area contributed by atoms with Crippen LogP contribution in [0.1, 0.15) is 35.9 Å². The molecule has 0 fully saturated rings. The number of rotatable bonds is 6. The van der Waals surface area contributed by atoms with E-state index in [9.17, 15) is 0 Å². The highest BCUT2D eigenvalue weighted by Crippen LogP contribution is 2.23. The van der Waals surface area contributed by atoms with E-state index in [0.29, 0.717) is 11.6 Å². The molecule has 1 heterocycles. The van der Waals surface area contributed by atoms with E-state index < -0.39 is 0 Å². The summed E-state index contributed by atoms with van der Waals surface area (Å²) in [6.45, 7) is 8.82. The molecule has 0 bridgehead atoms. The molecule has 1 N–H and O–H groups in total. The minimum atomic E-state index is 0.639. The van der Waals surface area contributed by atoms with E-state index in [1.54, 1.807) is 6.07 Å². The Labute approximate surface area is 136 Å². The summed E-state index contributed by atoms with van der Waals surface area (Å²) in [5.74, 6) is 0. The third-order valence-electron chi connectivity index (χ3n) is 3.59. The van der Waals surface area contributed by atoms with E-state index in [4.69, 9.17) is 23.2 Å². The van der Waals surface area contributed by atoms with Gasteiger partial charge in [0.25, 0.3) is 0 Å². The molecule has 0 unspecified atom stereocenters. The summed E-state index contributed by atoms with van der Waals surface area (Å²) < 4.78 is 2.00. The van der Waals surface area contributed by atoms with E-state index in [1.807, 2.05) is 23.7 Å². The number of benzene rings is 1. The molecule has 1 aromatic heterocycles. The average molecular weight is 326 g/mol. The zero-order valence-electron chi connectivity index (χ0n) is 12.7. The number of nitrogens with one attached hydrogen (secondary N) is 1. The van der Waals surface area contributed by atoms with Crippen LogP contribution in [0.15, 0.2) is 18.2 Å². The van der Waals surface area contributed by atoms with Crippen LogP contribution in [0, 0.1) is 13.8 Å². The maximum absolute atomic E-state index is 6.24. The number of aromatic nitrogens is 2. The fraction of sp³-hybridized carbons (Fsp3) is 0.438. The van der Waals surface area contributed by atoms with Crippen LogP contribution in [0.5, 0.6) is 0 Å². The van der Waals surface area contributed by atoms with Crippen LogP contribution in [0.25, 0.3) is 0 Å². The third kappa shape index (κ3) is 4.00. The van der Waals surface area contributed by atoms with Gasteiger partial charge in [0, 0.05) is 27.8 Å². The zero-order chi connectivity index (χ0) is 15.4. The van der Waals surface area contributed by atoms with Gasteiger partial charge in [0.15, 0.2) is 0 Å². The Morgan fingerprint density at radius 2 is 2.00 bits per heavy atom. The van der Waals surface area contributed by atoms with Gasteiger partial charge in [-0.25, -0.2) is 0 Å². The SMILES string of the molecule is CCCNCc1c(C)nn(Cc2cc(Cl)ccc2Cl)c1C. The molecule has 21 heavy (non-hydrogen) atoms. The highest BCUT2D eigenvalue weighted by atomic mass is 35.5. The van der Waals surface area contributed by atoms with Crippen molar-refractivity contribution >= 4 is 23.2 Å². The van der Waals surface area contributed by atoms with Gasteiger partial charge in [-0.2, -0.15) is 5.10 Å². The van der Waals surface area contributed by atoms with Crippen LogP contribution in [-0.2, 0) is 13.1 Å². The van der Waals surface area contributed by atoms with E-state index in [1.165, 1.54) is 11.3 Å². The van der Waals surface area contributed by atoms with E-state index in [2.05, 4.69) is 24.3 Å². The lowest BCUT2D eigenvalue weighted by Crippen LogP contribution is -2.15. The lowest BCUT2D eigenvalue weighted by Gasteiger charge is -2.08. The zero-order valence-corrected chi connectivity index (χ0v) is 14.2. The van der Waals surface area contributed by atoms with Gasteiger partial charge in [-0.15, -0.1) is 0 Å². The Hall–Kier alpha value is -1.03. The molecule has 0 saturated heterocycles. The summed E-state index contributed by atoms with van der Waals surface area (Å²) in [4.78, 5) is 0. The van der Waals surface area contributed by atoms with Crippen molar-refractivity contribution in [1.29, 1.82) is 0 Å². The Morgan fingerprint density at radius 1 is 1.24 bits per heavy atom. The van der Waals surface area contributed by atoms with Crippen molar-refractivity contribution in [2.45, 2.75) is 40.3 Å². The van der Waals surface area contributed by atoms with Crippen LogP contribution in [0.4, 0.5) is 0 Å². The summed E-state index contributed by atoms with van der Waals surface area (Å²) in [5, 5.41) is 9.48. The van der Waals surface area contributed by atoms with E-state index in [-0.39, 0.29) is 0 Å². The molecular weight excluding hydrogens is 305 g/mol. The molecule has 0 aliphatic carbocycles. The number of halogens is 2. The first-order chi connectivity index (χ1) is 10.0. The van der Waals surface area contributed by atoms with Crippen molar-refractivity contribution in [1.82, 2.24) is 15.1 Å². The van der Waals surface area contributed by atoms with Crippen molar-refractivity contribution in [3.05, 3.63) is 50.8 Å². The van der Waals surface area contributed by atoms with E-state index >= 15 is 0 Å². The third-order valence-corrected chi connectivity index (χ3v) is 4.19. The van der Waals surface area contributed by atoms with Gasteiger partial charge in [0.2, 0.25) is 0 Å². The first-order valence-electron chi connectivity index (χ1n) is 7.20. The molecule has 0 atom stereocenters. The first-order valence-corrected chi connectivity index (χ1v) is 7.96. The minimum absolute atomic E-state index is 0.639. The van der Waals surface area contributed by atoms with Crippen LogP contribution in [-0.4, -0.2) is 16.3 Å². The van der Waals surface area contributed by atoms with Crippen LogP contribution in [0.2, 0.25) is 10.0 Å². The smallest absolute Gasteiger partial charge is 0.0677 e. The standard InChI is InChI=1S/C16H21Cl2N3/c1-4-7-19-9-15-11(2)20-21(12(15)3)10-13-8-14(17)5-6-16(13)18/h5-6,8,19H,4,7,9-10H2,1-3H3. The number of hydrogen-bond acceptors (Lipinski definition) is 2. The Kier molecular flexibility index (Phi) is 5.68. The van der Waals surface area contributed by atoms with Crippen molar-refractivity contribution in [3.8, 4) is 0 Å². The number of nitrogens with zero attached hydrogens (tertiary/aromatic N) is 2. The molecule has 0 radical (unpaired) electrons. The number of hydrogen-bond donors (Lipinski definition) is 1. The predicted molar refractivity (Wildman–Crippen MR) is 89.3 cm³/mol. The predicted octanol–water partition coefficient (Wildman–Crippen LogP) is 4.35. The highest BCUT2D eigenvalue weighted by Gasteiger charge is 2.12. The summed E-state index contributed by atoms with van der Waals surface area (Å²) >= 11 is 12.3. The normalized spacial score (nSPS) is 11.1. The molecule has 5 heteroatoms. The van der Waals surface area contributed by atoms with Gasteiger partial charge < -0.3 is 5.32 Å². The molecule has 2 rings (SSSR count). The lowest BCUT2D eigenvalue weighted by atomic mass is 10.2. The maximum Gasteiger partial charge on any atom is 0.0677 e. The molecule has 114 valence electrons. The fourth-order valence-electron chi connectivity index (χ4n) is 2.36. The lowest BCUT2D eigenvalue weighted by molar-refractivity contribution is 0.650. The second kappa shape index (κ2) is 7.30. The summed E-state index contributed by atoms with van der Waals surface area (Å²) in [6, 6.07) is 5.53. The van der Waals surface area contributed by atoms with Gasteiger partial charge in [0.05, 0.1) is 12.2 Å². The Morgan fingerprint density at radius 3 is 2.71 bits per heavy atom. The monoisotopic (exact) mass is 325 g/mol. The van der Waals surface area contributed by atoms with Gasteiger partial charge in [-0.1, -0.05) is 30.1 Å². The van der Waals surface area contributed by atoms with Gasteiger partial charge in [0.1, 0.15) is 0 Å². The topological polar surface area (TPSA) is 29.9 Å². The maximum atomic E-state index is 6.24. The molecular formula is C16H21Cl2N3. The molecule has 0 aliphatic rings. The molecule has 0 spiro atoms. The van der Waals surface area contributed by atoms with Gasteiger partial charge >= 0.3 is 0 Å². The van der Waals surface area contributed by atoms with Gasteiger partial charge in [-0.05, 0) is 50.6 Å². The Balaban J connectivity index is 2.21. The summed E-state index contributed by atoms with van der Waals surface area (Å²) in [6.07, 6.45) is 1.13. The molecule has 0 amide bonds. The molecule has 2 aromatic rings. The van der Waals surface area contributed by atoms with Crippen molar-refractivity contribution in [2.75, 3.05) is 6.54 Å². The van der Waals surface area contributed by atoms with Crippen LogP contribution in [0.3, 0.4) is 0 Å². The van der Waals surface area contributed by atoms with Crippen molar-refractivity contribution in [2.24, 2.45) is 0 Å². The summed E-state index contributed by atoms with van der Waals surface area (Å²) in [7, 11) is 0. The van der Waals surface area contributed by atoms with Crippen LogP contribution < -0.4 is 5.32 Å². The highest BCUT2D eigenvalue weighted by molar-refractivity contribution is 6.33. The second-order valence-electron chi connectivity index (χ2n) is 5.22. The molecule has 0 saturated carbocycles. The van der Waals surface area contributed by atoms with Crippen LogP contribution >= 0.6 is 23.2 Å². The second-order valence-corrected chi connectivity index (χ2v) is 6.06. The van der Waals surface area contributed by atoms with E-state index in [0.717, 1.165) is 35.8 Å². The minimum Gasteiger partial charge on any atom is -0.313 e. The quantitative estimate of drug-likeness (QED) is 0.800. The average Bonchev–Trinajstić information content (AvgIpc) is 2.70. The van der Waals surface area contributed by atoms with Crippen molar-refractivity contribution in [3.63, 3.8) is 0 Å². The molecule has 0 aliphatic heterocycles. The first kappa shape index (κ1) is 16.3. The fourth-order valence-corrected chi connectivity index (χ4v) is 2.73. The summed E-state index contributed by atoms with van der Waals surface area (Å²) in [5.41, 5.74) is 4.49. The Bertz CT molecular complexity index is 620. The molecule has 3 nitrogen and oxygen atoms in total. The van der Waals surface area contributed by atoms with Crippen molar-refractivity contribution < 1.29 is 0 Å². The molecule has 1 aromatic carbocycles.